The number of nitrogens with one attached hydrogen (secondary N) is 11. The lowest BCUT2D eigenvalue weighted by Crippen LogP contribution is -2.63. The summed E-state index contributed by atoms with van der Waals surface area (Å²) in [6.07, 6.45) is 4.18. The van der Waals surface area contributed by atoms with E-state index in [1.807, 2.05) is 0 Å². The Labute approximate surface area is 662 Å². The number of hydrogen-bond acceptors (Lipinski definition) is 21. The van der Waals surface area contributed by atoms with Crippen LogP contribution in [0.2, 0.25) is 0 Å². The fourth-order valence-electron chi connectivity index (χ4n) is 12.2. The monoisotopic (exact) mass is 1610 g/mol. The fourth-order valence-corrected chi connectivity index (χ4v) is 12.7. The summed E-state index contributed by atoms with van der Waals surface area (Å²) in [5.74, 6) is -15.6. The van der Waals surface area contributed by atoms with E-state index in [9.17, 15) is 67.4 Å². The number of benzene rings is 1. The van der Waals surface area contributed by atoms with Gasteiger partial charge in [0.1, 0.15) is 60.4 Å². The van der Waals surface area contributed by atoms with E-state index in [1.54, 1.807) is 52.0 Å². The molecule has 1 saturated carbocycles. The van der Waals surface area contributed by atoms with Gasteiger partial charge in [-0.15, -0.1) is 0 Å². The maximum atomic E-state index is 15.3. The molecule has 13 atom stereocenters. The molecule has 0 bridgehead atoms. The van der Waals surface area contributed by atoms with Gasteiger partial charge in [0.25, 0.3) is 0 Å². The molecule has 0 spiro atoms. The molecule has 0 aromatic heterocycles. The summed E-state index contributed by atoms with van der Waals surface area (Å²) in [6.45, 7) is 5.20. The van der Waals surface area contributed by atoms with Crippen molar-refractivity contribution < 1.29 is 72.2 Å². The highest BCUT2D eigenvalue weighted by molar-refractivity contribution is 7.80. The fraction of sp³-hybridized carbons (Fsp3) is 0.652. The Morgan fingerprint density at radius 1 is 0.482 bits per heavy atom. The Hall–Kier alpha value is -10.5. The summed E-state index contributed by atoms with van der Waals surface area (Å²) >= 11 is 8.37. The van der Waals surface area contributed by atoms with Crippen LogP contribution in [0.5, 0.6) is 0 Å². The van der Waals surface area contributed by atoms with Gasteiger partial charge in [0.05, 0.1) is 25.6 Å². The lowest BCUT2D eigenvalue weighted by Gasteiger charge is -2.40. The maximum Gasteiger partial charge on any atom is 0.305 e. The topological polar surface area (TPSA) is 704 Å². The zero-order valence-corrected chi connectivity index (χ0v) is 65.8. The number of rotatable bonds is 50. The molecule has 41 nitrogen and oxygen atoms in total. The molecule has 43 heteroatoms. The van der Waals surface area contributed by atoms with Crippen molar-refractivity contribution in [3.63, 3.8) is 0 Å². The van der Waals surface area contributed by atoms with E-state index in [-0.39, 0.29) is 145 Å². The molecule has 2 aliphatic rings. The Morgan fingerprint density at radius 3 is 1.42 bits per heavy atom. The van der Waals surface area contributed by atoms with Crippen LogP contribution in [0.15, 0.2) is 44.2 Å². The van der Waals surface area contributed by atoms with Crippen LogP contribution in [0.1, 0.15) is 148 Å². The zero-order chi connectivity index (χ0) is 83.7. The van der Waals surface area contributed by atoms with Crippen LogP contribution >= 0.6 is 25.3 Å². The Morgan fingerprint density at radius 2 is 0.911 bits per heavy atom. The maximum absolute atomic E-state index is 15.3. The van der Waals surface area contributed by atoms with Crippen molar-refractivity contribution >= 4 is 132 Å². The van der Waals surface area contributed by atoms with Crippen molar-refractivity contribution in [2.24, 2.45) is 95.1 Å². The zero-order valence-electron chi connectivity index (χ0n) is 64.1. The number of carboxylic acids is 1. The van der Waals surface area contributed by atoms with E-state index in [1.165, 1.54) is 4.90 Å². The average molecular weight is 1620 g/mol. The van der Waals surface area contributed by atoms with Crippen molar-refractivity contribution in [3.05, 3.63) is 35.4 Å². The number of carbonyl (C=O) groups is 14. The van der Waals surface area contributed by atoms with Crippen molar-refractivity contribution in [1.82, 2.24) is 63.4 Å². The lowest BCUT2D eigenvalue weighted by molar-refractivity contribution is -0.147. The quantitative estimate of drug-likeness (QED) is 0.0125. The SMILES string of the molecule is CC[C@H](C)[C@H](NC(=O)[C@H](CCCN=C(N)N)NC(=O)CNC(=O)CNC(=O)[C@H](CC1CCCCC1)NC(=O)[C@H](CS)NC(=O)[C@@H](N)CCCN=C(N)N)C(=O)N[C@@H](CC(=O)O)C(=O)N[C@@H](CCCN=C(N)N)C(=O)N[C@H](C(=O)N1Cc2ccccc2C[C@@H]1C(=O)N[C@@H](CCCN=C(N)N)C(=O)N[C@@H](CS)C(N)=O)[C@@H](C)CC. The van der Waals surface area contributed by atoms with Crippen molar-refractivity contribution in [2.45, 2.75) is 216 Å². The number of nitrogens with two attached hydrogens (primary N) is 10. The summed E-state index contributed by atoms with van der Waals surface area (Å²) in [6, 6.07) is -8.28. The molecule has 1 aromatic carbocycles. The lowest BCUT2D eigenvalue weighted by atomic mass is 9.84. The normalized spacial score (nSPS) is 16.4. The van der Waals surface area contributed by atoms with Crippen LogP contribution in [0, 0.1) is 17.8 Å². The molecule has 1 aliphatic carbocycles. The summed E-state index contributed by atoms with van der Waals surface area (Å²) in [4.78, 5) is 211. The van der Waals surface area contributed by atoms with Gasteiger partial charge in [-0.2, -0.15) is 25.3 Å². The highest BCUT2D eigenvalue weighted by Gasteiger charge is 2.43. The van der Waals surface area contributed by atoms with Crippen LogP contribution in [-0.4, -0.2) is 234 Å². The molecule has 0 unspecified atom stereocenters. The molecule has 32 N–H and O–H groups in total. The van der Waals surface area contributed by atoms with Gasteiger partial charge in [-0.25, -0.2) is 0 Å². The summed E-state index contributed by atoms with van der Waals surface area (Å²) in [5, 5.41) is 38.3. The van der Waals surface area contributed by atoms with Gasteiger partial charge in [-0.1, -0.05) is 96.9 Å². The molecule has 0 radical (unpaired) electrons. The smallest absolute Gasteiger partial charge is 0.305 e. The van der Waals surface area contributed by atoms with Crippen LogP contribution in [0.25, 0.3) is 0 Å². The minimum atomic E-state index is -1.96. The van der Waals surface area contributed by atoms with Crippen molar-refractivity contribution in [2.75, 3.05) is 50.8 Å². The van der Waals surface area contributed by atoms with Gasteiger partial charge in [0, 0.05) is 50.7 Å². The first kappa shape index (κ1) is 95.7. The third-order valence-electron chi connectivity index (χ3n) is 18.9. The number of thiol groups is 2. The van der Waals surface area contributed by atoms with Crippen LogP contribution in [0.3, 0.4) is 0 Å². The van der Waals surface area contributed by atoms with Gasteiger partial charge in [0.15, 0.2) is 23.8 Å². The number of aliphatic imine (C=N–C) groups is 4. The number of carboxylic acid groups (broad SMARTS) is 1. The number of fused-ring (bicyclic) bond motifs is 1. The minimum absolute atomic E-state index is 0.000152. The molecule has 0 saturated heterocycles. The van der Waals surface area contributed by atoms with E-state index in [0.717, 1.165) is 32.1 Å². The molecule has 3 rings (SSSR count). The molecule has 1 heterocycles. The van der Waals surface area contributed by atoms with Gasteiger partial charge in [-0.05, 0) is 86.7 Å². The Bertz CT molecular complexity index is 3480. The number of guanidine groups is 4. The molecular formula is C69H118N26O15S2. The highest BCUT2D eigenvalue weighted by atomic mass is 32.1. The van der Waals surface area contributed by atoms with Crippen molar-refractivity contribution in [3.8, 4) is 0 Å². The predicted octanol–water partition coefficient (Wildman–Crippen LogP) is -7.04. The number of aliphatic carboxylic acids is 1. The average Bonchev–Trinajstić information content (AvgIpc) is 0.781. The third kappa shape index (κ3) is 34.8. The number of nitrogens with zero attached hydrogens (tertiary/aromatic N) is 5. The molecule has 626 valence electrons. The molecular weight excluding hydrogens is 1500 g/mol. The Balaban J connectivity index is 1.90. The Kier molecular flexibility index (Phi) is 43.1. The van der Waals surface area contributed by atoms with E-state index >= 15 is 4.79 Å². The number of carbonyl (C=O) groups excluding carboxylic acids is 13. The second-order valence-electron chi connectivity index (χ2n) is 27.7. The summed E-state index contributed by atoms with van der Waals surface area (Å²) in [7, 11) is 0. The second-order valence-corrected chi connectivity index (χ2v) is 28.4. The molecule has 13 amide bonds. The van der Waals surface area contributed by atoms with Gasteiger partial charge < -0.3 is 126 Å². The minimum Gasteiger partial charge on any atom is -0.481 e. The summed E-state index contributed by atoms with van der Waals surface area (Å²) in [5.41, 5.74) is 56.9. The number of amides is 13. The number of hydrogen-bond donors (Lipinski definition) is 24. The molecule has 1 fully saturated rings. The van der Waals surface area contributed by atoms with E-state index < -0.39 is 181 Å². The molecule has 1 aromatic rings. The van der Waals surface area contributed by atoms with E-state index in [0.29, 0.717) is 17.5 Å². The van der Waals surface area contributed by atoms with E-state index in [4.69, 9.17) is 57.3 Å². The van der Waals surface area contributed by atoms with Crippen LogP contribution in [-0.2, 0) is 80.1 Å². The molecule has 1 aliphatic heterocycles. The predicted molar refractivity (Wildman–Crippen MR) is 425 cm³/mol. The molecule has 112 heavy (non-hydrogen) atoms. The second kappa shape index (κ2) is 50.4. The third-order valence-corrected chi connectivity index (χ3v) is 19.7. The van der Waals surface area contributed by atoms with Crippen molar-refractivity contribution in [1.29, 1.82) is 0 Å². The van der Waals surface area contributed by atoms with Gasteiger partial charge in [0.2, 0.25) is 76.8 Å². The standard InChI is InChI=1S/C69H118N26O15S2/c1-5-36(3)53(93-59(104)42(21-13-25-81-67(74)75)86-51(97)32-84-50(96)31-85-57(102)45(28-38-16-8-7-9-17-38)89-62(107)48(35-112)92-56(101)41(70)20-12-24-80-66(72)73)64(109)90-46(30-52(98)99)61(106)87-44(23-15-27-83-69(78)79)60(105)94-54(37(4)6-2)65(110)95-33-40-19-11-10-18-39(40)29-49(95)63(108)88-43(22-14-26-82-68(76)77)58(103)91-47(34-111)55(71)100/h10-11,18-19,36-38,41-49,53-54,111-112H,5-9,12-17,20-35,70H2,1-4H3,(H2,71,100)(H,84,96)(H,85,102)(H,86,97)(H,87,106)(H,88,108)(H,89,107)(H,90,109)(H,91,103)(H,92,101)(H,93,104)(H,94,105)(H,98,99)(H4,72,73,80)(H4,74,75,81)(H4,76,77,82)(H4,78,79,83)/t36-,37-,41-,42-,43-,44-,45-,46-,47-,48-,49+,53-,54-/m0/s1. The first-order chi connectivity index (χ1) is 53.0. The van der Waals surface area contributed by atoms with Gasteiger partial charge >= 0.3 is 5.97 Å². The van der Waals surface area contributed by atoms with E-state index in [2.05, 4.69) is 104 Å². The first-order valence-corrected chi connectivity index (χ1v) is 38.6. The highest BCUT2D eigenvalue weighted by Crippen LogP contribution is 2.29. The first-order valence-electron chi connectivity index (χ1n) is 37.4. The van der Waals surface area contributed by atoms with Crippen LogP contribution < -0.4 is 116 Å². The van der Waals surface area contributed by atoms with Crippen LogP contribution in [0.4, 0.5) is 0 Å². The van der Waals surface area contributed by atoms with Gasteiger partial charge in [-0.3, -0.25) is 87.1 Å². The largest absolute Gasteiger partial charge is 0.481 e. The summed E-state index contributed by atoms with van der Waals surface area (Å²) < 4.78 is 0. The number of primary amides is 1.